The second kappa shape index (κ2) is 13.9. The number of thiazole rings is 1. The Hall–Kier alpha value is -4.70. The van der Waals surface area contributed by atoms with Gasteiger partial charge < -0.3 is 24.5 Å². The number of carbonyl (C=O) groups excluding carboxylic acids is 4. The molecule has 16 heteroatoms. The van der Waals surface area contributed by atoms with Crippen molar-refractivity contribution >= 4 is 40.2 Å². The predicted octanol–water partition coefficient (Wildman–Crippen LogP) is 3.74. The summed E-state index contributed by atoms with van der Waals surface area (Å²) in [5.41, 5.74) is 0.746. The number of alkyl halides is 3. The Morgan fingerprint density at radius 3 is 2.47 bits per heavy atom. The van der Waals surface area contributed by atoms with Crippen molar-refractivity contribution in [3.8, 4) is 11.5 Å². The van der Waals surface area contributed by atoms with E-state index in [4.69, 9.17) is 9.47 Å². The van der Waals surface area contributed by atoms with Crippen LogP contribution >= 0.6 is 11.3 Å². The molecule has 0 saturated carbocycles. The molecule has 0 spiro atoms. The van der Waals surface area contributed by atoms with Gasteiger partial charge in [-0.1, -0.05) is 12.1 Å². The highest BCUT2D eigenvalue weighted by Gasteiger charge is 2.45. The highest BCUT2D eigenvalue weighted by Crippen LogP contribution is 2.33. The van der Waals surface area contributed by atoms with E-state index in [-0.39, 0.29) is 33.3 Å². The number of anilines is 1. The van der Waals surface area contributed by atoms with Gasteiger partial charge in [-0.3, -0.25) is 19.7 Å². The van der Waals surface area contributed by atoms with Crippen LogP contribution in [0.25, 0.3) is 0 Å². The monoisotopic (exact) mass is 649 g/mol. The lowest BCUT2D eigenvalue weighted by molar-refractivity contribution is -0.235. The van der Waals surface area contributed by atoms with Crippen LogP contribution < -0.4 is 20.1 Å². The van der Waals surface area contributed by atoms with Crippen molar-refractivity contribution in [2.24, 2.45) is 0 Å². The number of rotatable bonds is 9. The summed E-state index contributed by atoms with van der Waals surface area (Å²) in [5, 5.41) is 5.63. The van der Waals surface area contributed by atoms with Crippen molar-refractivity contribution in [3.05, 3.63) is 69.7 Å². The maximum Gasteiger partial charge on any atom is 0.493 e. The topological polar surface area (TPSA) is 139 Å². The Balaban J connectivity index is 1.72. The van der Waals surface area contributed by atoms with Gasteiger partial charge in [0.2, 0.25) is 5.91 Å². The Kier molecular flexibility index (Phi) is 10.3. The minimum absolute atomic E-state index is 0.0371. The Bertz CT molecular complexity index is 1600. The molecule has 4 rings (SSSR count). The number of amides is 3. The molecule has 0 fully saturated rings. The third-order valence-electron chi connectivity index (χ3n) is 6.86. The van der Waals surface area contributed by atoms with E-state index in [0.29, 0.717) is 11.7 Å². The van der Waals surface area contributed by atoms with Crippen LogP contribution in [-0.2, 0) is 27.4 Å². The molecular formula is C29H30F3N5O7S. The molecule has 1 aromatic heterocycles. The van der Waals surface area contributed by atoms with Crippen molar-refractivity contribution < 1.29 is 46.7 Å². The van der Waals surface area contributed by atoms with Crippen molar-refractivity contribution in [2.45, 2.75) is 31.6 Å². The molecular weight excluding hydrogens is 619 g/mol. The molecule has 1 aliphatic rings. The summed E-state index contributed by atoms with van der Waals surface area (Å²) in [6.07, 6.45) is -5.37. The quantitative estimate of drug-likeness (QED) is 0.332. The van der Waals surface area contributed by atoms with Gasteiger partial charge >= 0.3 is 12.1 Å². The van der Waals surface area contributed by atoms with E-state index >= 15 is 0 Å². The molecule has 12 nitrogen and oxygen atoms in total. The zero-order valence-corrected chi connectivity index (χ0v) is 25.5. The summed E-state index contributed by atoms with van der Waals surface area (Å²) >= 11 is 1.33. The molecule has 2 aromatic carbocycles. The lowest BCUT2D eigenvalue weighted by atomic mass is 9.99. The van der Waals surface area contributed by atoms with Crippen LogP contribution in [0.2, 0.25) is 0 Å². The van der Waals surface area contributed by atoms with Gasteiger partial charge in [0.05, 0.1) is 26.3 Å². The number of halogens is 3. The van der Waals surface area contributed by atoms with E-state index in [1.54, 1.807) is 0 Å². The standard InChI is InChI=1S/C29H30F3N5O7S/c1-33-24(38)14-20(37(44-27(41)29(30,31)32)26(40)18-8-9-21(42-3)22(13-18)43-4)16-6-5-7-17(12-16)25(39)35-28-34-19-10-11-36(2)15-23(19)45-28/h5-9,12-13,20H,10-11,14-15H2,1-4H3,(H,33,38)(H,34,35,39)/t20-/m1/s1. The smallest absolute Gasteiger partial charge is 0.493 e. The Morgan fingerprint density at radius 1 is 1.07 bits per heavy atom. The molecule has 45 heavy (non-hydrogen) atoms. The Morgan fingerprint density at radius 2 is 1.80 bits per heavy atom. The first kappa shape index (κ1) is 33.2. The van der Waals surface area contributed by atoms with Gasteiger partial charge in [-0.25, -0.2) is 9.78 Å². The summed E-state index contributed by atoms with van der Waals surface area (Å²) in [7, 11) is 5.90. The third kappa shape index (κ3) is 7.88. The molecule has 1 atom stereocenters. The molecule has 0 radical (unpaired) electrons. The summed E-state index contributed by atoms with van der Waals surface area (Å²) in [5.74, 6) is -4.87. The first-order valence-corrected chi connectivity index (χ1v) is 14.3. The number of aromatic nitrogens is 1. The number of ether oxygens (including phenoxy) is 2. The van der Waals surface area contributed by atoms with Gasteiger partial charge in [-0.15, -0.1) is 11.3 Å². The number of benzene rings is 2. The summed E-state index contributed by atoms with van der Waals surface area (Å²) in [6, 6.07) is 7.70. The number of nitrogens with zero attached hydrogens (tertiary/aromatic N) is 3. The average molecular weight is 650 g/mol. The number of hydroxylamine groups is 2. The zero-order chi connectivity index (χ0) is 32.9. The lowest BCUT2D eigenvalue weighted by Crippen LogP contribution is -2.42. The van der Waals surface area contributed by atoms with Crippen molar-refractivity contribution in [2.75, 3.05) is 40.2 Å². The second-order valence-electron chi connectivity index (χ2n) is 9.93. The minimum Gasteiger partial charge on any atom is -0.493 e. The molecule has 3 amide bonds. The van der Waals surface area contributed by atoms with Crippen LogP contribution in [0.5, 0.6) is 11.5 Å². The number of methoxy groups -OCH3 is 2. The van der Waals surface area contributed by atoms with E-state index in [0.717, 1.165) is 23.5 Å². The van der Waals surface area contributed by atoms with Crippen LogP contribution in [0, 0.1) is 0 Å². The van der Waals surface area contributed by atoms with Crippen LogP contribution in [0.1, 0.15) is 49.3 Å². The molecule has 240 valence electrons. The summed E-state index contributed by atoms with van der Waals surface area (Å²) < 4.78 is 50.5. The molecule has 1 aliphatic heterocycles. The van der Waals surface area contributed by atoms with Gasteiger partial charge in [-0.2, -0.15) is 18.2 Å². The highest BCUT2D eigenvalue weighted by molar-refractivity contribution is 7.15. The first-order valence-electron chi connectivity index (χ1n) is 13.5. The van der Waals surface area contributed by atoms with Crippen molar-refractivity contribution in [1.82, 2.24) is 20.3 Å². The van der Waals surface area contributed by atoms with E-state index < -0.39 is 42.3 Å². The maximum absolute atomic E-state index is 13.7. The van der Waals surface area contributed by atoms with Crippen LogP contribution in [0.15, 0.2) is 42.5 Å². The number of fused-ring (bicyclic) bond motifs is 1. The van der Waals surface area contributed by atoms with Gasteiger partial charge in [0, 0.05) is 42.6 Å². The van der Waals surface area contributed by atoms with Crippen LogP contribution in [0.4, 0.5) is 18.3 Å². The molecule has 2 N–H and O–H groups in total. The lowest BCUT2D eigenvalue weighted by Gasteiger charge is -2.30. The largest absolute Gasteiger partial charge is 0.493 e. The van der Waals surface area contributed by atoms with E-state index in [9.17, 15) is 32.3 Å². The minimum atomic E-state index is -5.48. The molecule has 0 bridgehead atoms. The fourth-order valence-electron chi connectivity index (χ4n) is 4.53. The molecule has 0 unspecified atom stereocenters. The number of hydrogen-bond acceptors (Lipinski definition) is 10. The number of nitrogens with one attached hydrogen (secondary N) is 2. The van der Waals surface area contributed by atoms with E-state index in [2.05, 4.69) is 25.4 Å². The second-order valence-corrected chi connectivity index (χ2v) is 11.0. The normalized spacial score (nSPS) is 13.7. The van der Waals surface area contributed by atoms with Crippen molar-refractivity contribution in [3.63, 3.8) is 0 Å². The molecule has 0 aliphatic carbocycles. The van der Waals surface area contributed by atoms with Crippen LogP contribution in [0.3, 0.4) is 0 Å². The highest BCUT2D eigenvalue weighted by atomic mass is 32.1. The zero-order valence-electron chi connectivity index (χ0n) is 24.7. The fraction of sp³-hybridized carbons (Fsp3) is 0.345. The summed E-state index contributed by atoms with van der Waals surface area (Å²) in [4.78, 5) is 63.8. The SMILES string of the molecule is CNC(=O)C[C@H](c1cccc(C(=O)Nc2nc3c(s2)CN(C)CC3)c1)N(OC(=O)C(F)(F)F)C(=O)c1ccc(OC)c(OC)c1. The van der Waals surface area contributed by atoms with E-state index in [1.165, 1.54) is 75.1 Å². The number of hydrogen-bond donors (Lipinski definition) is 2. The number of likely N-dealkylation sites (N-methyl/N-ethyl adjacent to an activating group) is 1. The van der Waals surface area contributed by atoms with Crippen molar-refractivity contribution in [1.29, 1.82) is 0 Å². The van der Waals surface area contributed by atoms with Crippen LogP contribution in [-0.4, -0.2) is 79.7 Å². The first-order chi connectivity index (χ1) is 21.3. The van der Waals surface area contributed by atoms with E-state index in [1.807, 2.05) is 7.05 Å². The molecule has 0 saturated heterocycles. The summed E-state index contributed by atoms with van der Waals surface area (Å²) in [6.45, 7) is 1.52. The fourth-order valence-corrected chi connectivity index (χ4v) is 5.61. The molecule has 3 aromatic rings. The predicted molar refractivity (Wildman–Crippen MR) is 156 cm³/mol. The van der Waals surface area contributed by atoms with Gasteiger partial charge in [0.25, 0.3) is 11.8 Å². The third-order valence-corrected chi connectivity index (χ3v) is 7.86. The molecule has 2 heterocycles. The Labute approximate surface area is 260 Å². The maximum atomic E-state index is 13.7. The van der Waals surface area contributed by atoms with Gasteiger partial charge in [-0.05, 0) is 42.9 Å². The number of carbonyl (C=O) groups is 4. The van der Waals surface area contributed by atoms with Gasteiger partial charge in [0.1, 0.15) is 6.04 Å². The van der Waals surface area contributed by atoms with Gasteiger partial charge in [0.15, 0.2) is 16.6 Å². The average Bonchev–Trinajstić information content (AvgIpc) is 3.42.